The lowest BCUT2D eigenvalue weighted by Crippen LogP contribution is -2.45. The number of carbonyl (C=O) groups excluding carboxylic acids is 1. The second-order valence-corrected chi connectivity index (χ2v) is 8.81. The lowest BCUT2D eigenvalue weighted by atomic mass is 10.1. The van der Waals surface area contributed by atoms with Gasteiger partial charge >= 0.3 is 0 Å². The predicted molar refractivity (Wildman–Crippen MR) is 141 cm³/mol. The molecule has 2 N–H and O–H groups in total. The number of aryl methyl sites for hydroxylation is 2. The number of rotatable bonds is 7. The van der Waals surface area contributed by atoms with Gasteiger partial charge in [0.15, 0.2) is 5.96 Å². The molecule has 0 bridgehead atoms. The molecule has 2 fully saturated rings. The molecule has 0 spiro atoms. The molecular formula is C24H37IN6O. The Morgan fingerprint density at radius 2 is 2.00 bits per heavy atom. The Morgan fingerprint density at radius 3 is 2.78 bits per heavy atom. The molecule has 0 radical (unpaired) electrons. The number of aromatic nitrogens is 2. The molecule has 2 aromatic rings. The number of para-hydroxylation sites is 2. The minimum absolute atomic E-state index is 0. The number of carbonyl (C=O) groups is 1. The van der Waals surface area contributed by atoms with Gasteiger partial charge in [-0.1, -0.05) is 25.0 Å². The Balaban J connectivity index is 0.00000289. The minimum atomic E-state index is 0. The molecule has 176 valence electrons. The van der Waals surface area contributed by atoms with Gasteiger partial charge in [-0.25, -0.2) is 4.98 Å². The van der Waals surface area contributed by atoms with Crippen LogP contribution in [0.3, 0.4) is 0 Å². The summed E-state index contributed by atoms with van der Waals surface area (Å²) in [5, 5.41) is 6.91. The molecule has 1 atom stereocenters. The maximum atomic E-state index is 12.7. The van der Waals surface area contributed by atoms with E-state index in [0.717, 1.165) is 75.7 Å². The van der Waals surface area contributed by atoms with E-state index in [1.807, 2.05) is 6.07 Å². The summed E-state index contributed by atoms with van der Waals surface area (Å²) < 4.78 is 2.27. The van der Waals surface area contributed by atoms with Crippen molar-refractivity contribution in [3.63, 3.8) is 0 Å². The van der Waals surface area contributed by atoms with E-state index in [2.05, 4.69) is 57.1 Å². The first-order valence-electron chi connectivity index (χ1n) is 11.9. The van der Waals surface area contributed by atoms with Crippen LogP contribution in [0.1, 0.15) is 51.3 Å². The van der Waals surface area contributed by atoms with Crippen molar-refractivity contribution < 1.29 is 4.79 Å². The van der Waals surface area contributed by atoms with Crippen molar-refractivity contribution in [2.45, 2.75) is 65.0 Å². The number of nitrogens with one attached hydrogen (secondary N) is 2. The van der Waals surface area contributed by atoms with E-state index in [1.165, 1.54) is 18.4 Å². The van der Waals surface area contributed by atoms with Crippen LogP contribution in [0.4, 0.5) is 0 Å². The lowest BCUT2D eigenvalue weighted by molar-refractivity contribution is -0.134. The number of hydrogen-bond acceptors (Lipinski definition) is 3. The van der Waals surface area contributed by atoms with E-state index in [4.69, 9.17) is 4.99 Å². The largest absolute Gasteiger partial charge is 0.357 e. The fourth-order valence-corrected chi connectivity index (χ4v) is 4.92. The molecule has 1 saturated heterocycles. The fourth-order valence-electron chi connectivity index (χ4n) is 4.92. The topological polar surface area (TPSA) is 74.6 Å². The van der Waals surface area contributed by atoms with Crippen molar-refractivity contribution in [2.75, 3.05) is 26.2 Å². The zero-order valence-electron chi connectivity index (χ0n) is 19.3. The highest BCUT2D eigenvalue weighted by atomic mass is 127. The number of likely N-dealkylation sites (tertiary alicyclic amines) is 1. The van der Waals surface area contributed by atoms with Crippen LogP contribution < -0.4 is 10.6 Å². The zero-order valence-corrected chi connectivity index (χ0v) is 21.7. The first kappa shape index (κ1) is 24.8. The SMILES string of the molecule is CCNC(=NCCCn1c(C)nc2ccccc21)NC1CCN(C(=O)C2CCCC2)C1.I. The molecule has 1 aliphatic heterocycles. The van der Waals surface area contributed by atoms with Crippen LogP contribution in [0.2, 0.25) is 0 Å². The van der Waals surface area contributed by atoms with Crippen molar-refractivity contribution in [3.8, 4) is 0 Å². The summed E-state index contributed by atoms with van der Waals surface area (Å²) in [6, 6.07) is 8.56. The summed E-state index contributed by atoms with van der Waals surface area (Å²) in [6.45, 7) is 8.28. The van der Waals surface area contributed by atoms with Gasteiger partial charge in [-0.15, -0.1) is 24.0 Å². The molecule has 2 aliphatic rings. The van der Waals surface area contributed by atoms with E-state index >= 15 is 0 Å². The van der Waals surface area contributed by atoms with Gasteiger partial charge in [0.25, 0.3) is 0 Å². The van der Waals surface area contributed by atoms with Gasteiger partial charge in [0, 0.05) is 44.7 Å². The third kappa shape index (κ3) is 5.94. The molecule has 1 aliphatic carbocycles. The molecule has 2 heterocycles. The Bertz CT molecular complexity index is 920. The van der Waals surface area contributed by atoms with Crippen molar-refractivity contribution in [2.24, 2.45) is 10.9 Å². The lowest BCUT2D eigenvalue weighted by Gasteiger charge is -2.21. The number of fused-ring (bicyclic) bond motifs is 1. The summed E-state index contributed by atoms with van der Waals surface area (Å²) in [6.07, 6.45) is 6.50. The monoisotopic (exact) mass is 552 g/mol. The van der Waals surface area contributed by atoms with Gasteiger partial charge in [0.05, 0.1) is 11.0 Å². The molecule has 7 nitrogen and oxygen atoms in total. The summed E-state index contributed by atoms with van der Waals surface area (Å²) >= 11 is 0. The van der Waals surface area contributed by atoms with Crippen molar-refractivity contribution in [1.82, 2.24) is 25.1 Å². The van der Waals surface area contributed by atoms with Gasteiger partial charge in [-0.2, -0.15) is 0 Å². The summed E-state index contributed by atoms with van der Waals surface area (Å²) in [5.41, 5.74) is 2.24. The first-order valence-corrected chi connectivity index (χ1v) is 11.9. The number of nitrogens with zero attached hydrogens (tertiary/aromatic N) is 4. The van der Waals surface area contributed by atoms with Crippen LogP contribution in [0, 0.1) is 12.8 Å². The number of imidazole rings is 1. The maximum absolute atomic E-state index is 12.7. The van der Waals surface area contributed by atoms with Crippen LogP contribution in [-0.2, 0) is 11.3 Å². The van der Waals surface area contributed by atoms with Crippen LogP contribution in [0.5, 0.6) is 0 Å². The molecule has 1 aromatic heterocycles. The summed E-state index contributed by atoms with van der Waals surface area (Å²) in [4.78, 5) is 24.2. The van der Waals surface area contributed by atoms with Crippen molar-refractivity contribution >= 4 is 46.9 Å². The van der Waals surface area contributed by atoms with Gasteiger partial charge in [-0.05, 0) is 51.7 Å². The number of amides is 1. The Labute approximate surface area is 208 Å². The average Bonchev–Trinajstić information content (AvgIpc) is 3.51. The number of halogens is 1. The second-order valence-electron chi connectivity index (χ2n) is 8.81. The maximum Gasteiger partial charge on any atom is 0.225 e. The predicted octanol–water partition coefficient (Wildman–Crippen LogP) is 3.70. The molecule has 1 unspecified atom stereocenters. The minimum Gasteiger partial charge on any atom is -0.357 e. The second kappa shape index (κ2) is 11.9. The van der Waals surface area contributed by atoms with Crippen LogP contribution >= 0.6 is 24.0 Å². The Hall–Kier alpha value is -1.84. The third-order valence-corrected chi connectivity index (χ3v) is 6.54. The zero-order chi connectivity index (χ0) is 21.6. The fraction of sp³-hybridized carbons (Fsp3) is 0.625. The third-order valence-electron chi connectivity index (χ3n) is 6.54. The molecule has 32 heavy (non-hydrogen) atoms. The average molecular weight is 553 g/mol. The number of benzene rings is 1. The summed E-state index contributed by atoms with van der Waals surface area (Å²) in [5.74, 6) is 2.54. The normalized spacial score (nSPS) is 19.4. The van der Waals surface area contributed by atoms with Gasteiger partial charge in [0.2, 0.25) is 5.91 Å². The van der Waals surface area contributed by atoms with Gasteiger partial charge in [-0.3, -0.25) is 9.79 Å². The molecule has 1 saturated carbocycles. The van der Waals surface area contributed by atoms with Gasteiger partial charge in [0.1, 0.15) is 5.82 Å². The highest BCUT2D eigenvalue weighted by Gasteiger charge is 2.32. The van der Waals surface area contributed by atoms with E-state index < -0.39 is 0 Å². The highest BCUT2D eigenvalue weighted by Crippen LogP contribution is 2.27. The van der Waals surface area contributed by atoms with Crippen LogP contribution in [0.25, 0.3) is 11.0 Å². The Morgan fingerprint density at radius 1 is 1.22 bits per heavy atom. The van der Waals surface area contributed by atoms with Crippen molar-refractivity contribution in [1.29, 1.82) is 0 Å². The van der Waals surface area contributed by atoms with E-state index in [0.29, 0.717) is 5.91 Å². The van der Waals surface area contributed by atoms with Crippen LogP contribution in [-0.4, -0.2) is 58.5 Å². The van der Waals surface area contributed by atoms with Crippen molar-refractivity contribution in [3.05, 3.63) is 30.1 Å². The molecule has 1 amide bonds. The number of guanidine groups is 1. The van der Waals surface area contributed by atoms with E-state index in [1.54, 1.807) is 0 Å². The molecular weight excluding hydrogens is 515 g/mol. The number of aliphatic imine (C=N–C) groups is 1. The molecule has 4 rings (SSSR count). The quantitative estimate of drug-likeness (QED) is 0.238. The highest BCUT2D eigenvalue weighted by molar-refractivity contribution is 14.0. The summed E-state index contributed by atoms with van der Waals surface area (Å²) in [7, 11) is 0. The standard InChI is InChI=1S/C24H36N6O.HI/c1-3-25-24(28-20-13-16-29(17-20)23(31)19-9-4-5-10-19)26-14-8-15-30-18(2)27-21-11-6-7-12-22(21)30;/h6-7,11-12,19-20H,3-5,8-10,13-17H2,1-2H3,(H2,25,26,28);1H. The molecule has 1 aromatic carbocycles. The van der Waals surface area contributed by atoms with E-state index in [9.17, 15) is 4.79 Å². The Kier molecular flexibility index (Phi) is 9.19. The van der Waals surface area contributed by atoms with Gasteiger partial charge < -0.3 is 20.1 Å². The number of hydrogen-bond donors (Lipinski definition) is 2. The van der Waals surface area contributed by atoms with Crippen LogP contribution in [0.15, 0.2) is 29.3 Å². The smallest absolute Gasteiger partial charge is 0.225 e. The molecule has 8 heteroatoms. The van der Waals surface area contributed by atoms with E-state index in [-0.39, 0.29) is 35.9 Å². The first-order chi connectivity index (χ1) is 15.2.